The number of rotatable bonds is 4. The fourth-order valence-electron chi connectivity index (χ4n) is 1.62. The molecule has 0 aliphatic rings. The molecule has 0 aliphatic heterocycles. The second-order valence-electron chi connectivity index (χ2n) is 3.95. The summed E-state index contributed by atoms with van der Waals surface area (Å²) in [7, 11) is 0. The van der Waals surface area contributed by atoms with Crippen molar-refractivity contribution in [3.8, 4) is 11.8 Å². The molecule has 0 unspecified atom stereocenters. The number of hydrogen-bond acceptors (Lipinski definition) is 4. The van der Waals surface area contributed by atoms with Crippen molar-refractivity contribution < 1.29 is 9.53 Å². The smallest absolute Gasteiger partial charge is 0.274 e. The van der Waals surface area contributed by atoms with Crippen molar-refractivity contribution >= 4 is 11.6 Å². The number of hydrogen-bond donors (Lipinski definition) is 1. The number of pyridine rings is 1. The minimum absolute atomic E-state index is 0.206. The van der Waals surface area contributed by atoms with Crippen LogP contribution < -0.4 is 10.1 Å². The SMILES string of the molecule is CCOc1ccc(NC(=O)c2cc(C#N)ccn2)cc1. The Morgan fingerprint density at radius 1 is 1.35 bits per heavy atom. The average molecular weight is 267 g/mol. The zero-order chi connectivity index (χ0) is 14.4. The van der Waals surface area contributed by atoms with Gasteiger partial charge in [0.1, 0.15) is 11.4 Å². The Kier molecular flexibility index (Phi) is 4.30. The summed E-state index contributed by atoms with van der Waals surface area (Å²) in [5.41, 5.74) is 1.25. The Bertz CT molecular complexity index is 645. The molecule has 1 N–H and O–H groups in total. The molecule has 0 atom stereocenters. The van der Waals surface area contributed by atoms with Crippen molar-refractivity contribution in [3.63, 3.8) is 0 Å². The highest BCUT2D eigenvalue weighted by atomic mass is 16.5. The largest absolute Gasteiger partial charge is 0.494 e. The lowest BCUT2D eigenvalue weighted by Crippen LogP contribution is -2.13. The van der Waals surface area contributed by atoms with E-state index in [-0.39, 0.29) is 11.6 Å². The fraction of sp³-hybridized carbons (Fsp3) is 0.133. The maximum Gasteiger partial charge on any atom is 0.274 e. The van der Waals surface area contributed by atoms with Gasteiger partial charge in [0.15, 0.2) is 0 Å². The Morgan fingerprint density at radius 3 is 2.75 bits per heavy atom. The maximum absolute atomic E-state index is 12.0. The lowest BCUT2D eigenvalue weighted by Gasteiger charge is -2.06. The van der Waals surface area contributed by atoms with Gasteiger partial charge in [0.05, 0.1) is 18.2 Å². The van der Waals surface area contributed by atoms with E-state index in [0.29, 0.717) is 17.9 Å². The van der Waals surface area contributed by atoms with Crippen LogP contribution in [0.5, 0.6) is 5.75 Å². The van der Waals surface area contributed by atoms with Gasteiger partial charge in [-0.3, -0.25) is 9.78 Å². The van der Waals surface area contributed by atoms with E-state index in [1.165, 1.54) is 12.3 Å². The van der Waals surface area contributed by atoms with E-state index in [1.807, 2.05) is 13.0 Å². The molecule has 100 valence electrons. The molecule has 1 heterocycles. The first-order valence-electron chi connectivity index (χ1n) is 6.13. The van der Waals surface area contributed by atoms with Crippen LogP contribution in [0.4, 0.5) is 5.69 Å². The van der Waals surface area contributed by atoms with Crippen LogP contribution in [0.2, 0.25) is 0 Å². The van der Waals surface area contributed by atoms with Crippen molar-refractivity contribution in [2.24, 2.45) is 0 Å². The van der Waals surface area contributed by atoms with Crippen molar-refractivity contribution in [1.29, 1.82) is 5.26 Å². The second kappa shape index (κ2) is 6.34. The number of ether oxygens (including phenoxy) is 1. The quantitative estimate of drug-likeness (QED) is 0.923. The number of amides is 1. The third-order valence-corrected chi connectivity index (χ3v) is 2.54. The summed E-state index contributed by atoms with van der Waals surface area (Å²) in [6.07, 6.45) is 1.44. The van der Waals surface area contributed by atoms with E-state index in [0.717, 1.165) is 5.75 Å². The number of nitrogens with one attached hydrogen (secondary N) is 1. The van der Waals surface area contributed by atoms with Crippen LogP contribution in [0.1, 0.15) is 23.0 Å². The summed E-state index contributed by atoms with van der Waals surface area (Å²) in [4.78, 5) is 15.9. The average Bonchev–Trinajstić information content (AvgIpc) is 2.49. The van der Waals surface area contributed by atoms with Crippen molar-refractivity contribution in [3.05, 3.63) is 53.9 Å². The van der Waals surface area contributed by atoms with Gasteiger partial charge in [-0.15, -0.1) is 0 Å². The minimum atomic E-state index is -0.355. The van der Waals surface area contributed by atoms with Gasteiger partial charge in [-0.1, -0.05) is 0 Å². The maximum atomic E-state index is 12.0. The number of nitriles is 1. The molecule has 5 heteroatoms. The summed E-state index contributed by atoms with van der Waals surface area (Å²) in [5.74, 6) is 0.390. The first-order chi connectivity index (χ1) is 9.72. The van der Waals surface area contributed by atoms with Crippen molar-refractivity contribution in [1.82, 2.24) is 4.98 Å². The van der Waals surface area contributed by atoms with E-state index in [2.05, 4.69) is 10.3 Å². The summed E-state index contributed by atoms with van der Waals surface area (Å²) in [6.45, 7) is 2.50. The zero-order valence-electron chi connectivity index (χ0n) is 11.0. The third kappa shape index (κ3) is 3.33. The Balaban J connectivity index is 2.09. The molecule has 5 nitrogen and oxygen atoms in total. The van der Waals surface area contributed by atoms with E-state index < -0.39 is 0 Å². The normalized spacial score (nSPS) is 9.60. The van der Waals surface area contributed by atoms with Gasteiger partial charge in [-0.25, -0.2) is 0 Å². The first kappa shape index (κ1) is 13.6. The van der Waals surface area contributed by atoms with E-state index in [9.17, 15) is 4.79 Å². The standard InChI is InChI=1S/C15H13N3O2/c1-2-20-13-5-3-12(4-6-13)18-15(19)14-9-11(10-16)7-8-17-14/h3-9H,2H2,1H3,(H,18,19). The molecule has 0 saturated heterocycles. The molecule has 1 aromatic heterocycles. The summed E-state index contributed by atoms with van der Waals surface area (Å²) >= 11 is 0. The predicted octanol–water partition coefficient (Wildman–Crippen LogP) is 2.60. The molecule has 0 saturated carbocycles. The molecule has 0 radical (unpaired) electrons. The van der Waals surface area contributed by atoms with Gasteiger partial charge < -0.3 is 10.1 Å². The third-order valence-electron chi connectivity index (χ3n) is 2.54. The summed E-state index contributed by atoms with van der Waals surface area (Å²) < 4.78 is 5.32. The number of nitrogens with zero attached hydrogens (tertiary/aromatic N) is 2. The van der Waals surface area contributed by atoms with Crippen LogP contribution in [0, 0.1) is 11.3 Å². The van der Waals surface area contributed by atoms with Gasteiger partial charge in [-0.05, 0) is 43.3 Å². The zero-order valence-corrected chi connectivity index (χ0v) is 11.0. The van der Waals surface area contributed by atoms with E-state index >= 15 is 0 Å². The number of carbonyl (C=O) groups excluding carboxylic acids is 1. The van der Waals surface area contributed by atoms with Crippen LogP contribution in [0.15, 0.2) is 42.6 Å². The molecule has 2 aromatic rings. The molecule has 0 spiro atoms. The van der Waals surface area contributed by atoms with Crippen molar-refractivity contribution in [2.45, 2.75) is 6.92 Å². The molecule has 2 rings (SSSR count). The van der Waals surface area contributed by atoms with Gasteiger partial charge >= 0.3 is 0 Å². The molecule has 0 bridgehead atoms. The molecular formula is C15H13N3O2. The minimum Gasteiger partial charge on any atom is -0.494 e. The fourth-order valence-corrected chi connectivity index (χ4v) is 1.62. The van der Waals surface area contributed by atoms with E-state index in [4.69, 9.17) is 10.00 Å². The van der Waals surface area contributed by atoms with Crippen molar-refractivity contribution in [2.75, 3.05) is 11.9 Å². The van der Waals surface area contributed by atoms with Gasteiger partial charge in [0.25, 0.3) is 5.91 Å². The Labute approximate surface area is 116 Å². The van der Waals surface area contributed by atoms with Crippen LogP contribution in [0.25, 0.3) is 0 Å². The molecular weight excluding hydrogens is 254 g/mol. The molecule has 20 heavy (non-hydrogen) atoms. The lowest BCUT2D eigenvalue weighted by molar-refractivity contribution is 0.102. The monoisotopic (exact) mass is 267 g/mol. The topological polar surface area (TPSA) is 75.0 Å². The summed E-state index contributed by atoms with van der Waals surface area (Å²) in [6, 6.07) is 12.0. The molecule has 0 aliphatic carbocycles. The first-order valence-corrected chi connectivity index (χ1v) is 6.13. The Hall–Kier alpha value is -2.87. The lowest BCUT2D eigenvalue weighted by atomic mass is 10.2. The van der Waals surface area contributed by atoms with Crippen LogP contribution in [-0.4, -0.2) is 17.5 Å². The highest BCUT2D eigenvalue weighted by Crippen LogP contribution is 2.16. The Morgan fingerprint density at radius 2 is 2.10 bits per heavy atom. The van der Waals surface area contributed by atoms with Crippen LogP contribution in [-0.2, 0) is 0 Å². The highest BCUT2D eigenvalue weighted by molar-refractivity contribution is 6.03. The molecule has 1 aromatic carbocycles. The number of aromatic nitrogens is 1. The van der Waals surface area contributed by atoms with Gasteiger partial charge in [0, 0.05) is 11.9 Å². The number of carbonyl (C=O) groups is 1. The number of benzene rings is 1. The summed E-state index contributed by atoms with van der Waals surface area (Å²) in [5, 5.41) is 11.5. The molecule has 1 amide bonds. The van der Waals surface area contributed by atoms with E-state index in [1.54, 1.807) is 30.3 Å². The van der Waals surface area contributed by atoms with Gasteiger partial charge in [0.2, 0.25) is 0 Å². The second-order valence-corrected chi connectivity index (χ2v) is 3.95. The molecule has 0 fully saturated rings. The highest BCUT2D eigenvalue weighted by Gasteiger charge is 2.08. The number of anilines is 1. The van der Waals surface area contributed by atoms with Crippen LogP contribution in [0.3, 0.4) is 0 Å². The van der Waals surface area contributed by atoms with Gasteiger partial charge in [-0.2, -0.15) is 5.26 Å². The van der Waals surface area contributed by atoms with Crippen LogP contribution >= 0.6 is 0 Å². The predicted molar refractivity (Wildman–Crippen MR) is 74.5 cm³/mol.